The molecule has 4 unspecified atom stereocenters. The molecule has 0 radical (unpaired) electrons. The van der Waals surface area contributed by atoms with E-state index in [4.69, 9.17) is 9.98 Å². The molecule has 8 bridgehead atoms. The van der Waals surface area contributed by atoms with Crippen molar-refractivity contribution < 1.29 is 0 Å². The summed E-state index contributed by atoms with van der Waals surface area (Å²) in [5.41, 5.74) is 12.0. The average molecular weight is 1000 g/mol. The van der Waals surface area contributed by atoms with Crippen molar-refractivity contribution in [3.05, 3.63) is 173 Å². The second-order valence-corrected chi connectivity index (χ2v) is 20.2. The predicted octanol–water partition coefficient (Wildman–Crippen LogP) is 8.62. The highest BCUT2D eigenvalue weighted by molar-refractivity contribution is 9.13. The predicted molar refractivity (Wildman–Crippen MR) is 245 cm³/mol. The van der Waals surface area contributed by atoms with Crippen molar-refractivity contribution >= 4 is 80.7 Å². The van der Waals surface area contributed by atoms with Gasteiger partial charge in [0.1, 0.15) is 13.1 Å². The number of allylic oxidation sites excluding steroid dienone is 12. The van der Waals surface area contributed by atoms with E-state index in [0.29, 0.717) is 0 Å². The molecule has 2 N–H and O–H groups in total. The normalized spacial score (nSPS) is 31.9. The molecule has 0 amide bonds. The van der Waals surface area contributed by atoms with Crippen LogP contribution in [-0.4, -0.2) is 104 Å². The number of fused-ring (bicyclic) bond motifs is 6. The minimum absolute atomic E-state index is 0.765. The quantitative estimate of drug-likeness (QED) is 0.234. The number of H-pyrrole nitrogens is 1. The number of rotatable bonds is 4. The van der Waals surface area contributed by atoms with Crippen molar-refractivity contribution in [3.8, 4) is 0 Å². The van der Waals surface area contributed by atoms with E-state index in [1.807, 2.05) is 0 Å². The van der Waals surface area contributed by atoms with Gasteiger partial charge in [0.15, 0.2) is 4.45 Å². The van der Waals surface area contributed by atoms with Gasteiger partial charge < -0.3 is 29.9 Å². The maximum Gasteiger partial charge on any atom is 0.159 e. The van der Waals surface area contributed by atoms with E-state index in [-0.39, 0.29) is 0 Å². The summed E-state index contributed by atoms with van der Waals surface area (Å²) in [5, 5.41) is 3.98. The first-order valence-electron chi connectivity index (χ1n) is 18.7. The zero-order valence-corrected chi connectivity index (χ0v) is 37.9. The van der Waals surface area contributed by atoms with Crippen LogP contribution in [0.1, 0.15) is 11.4 Å². The molecule has 0 saturated heterocycles. The summed E-state index contributed by atoms with van der Waals surface area (Å²) in [6.07, 6.45) is 39.4. The summed E-state index contributed by atoms with van der Waals surface area (Å²) in [4.78, 5) is 23.8. The smallest absolute Gasteiger partial charge is 0.159 e. The van der Waals surface area contributed by atoms with E-state index in [1.165, 1.54) is 0 Å². The molecule has 56 heavy (non-hydrogen) atoms. The fourth-order valence-electron chi connectivity index (χ4n) is 8.20. The summed E-state index contributed by atoms with van der Waals surface area (Å²) in [6.45, 7) is 3.13. The van der Waals surface area contributed by atoms with E-state index in [2.05, 4.69) is 244 Å². The monoisotopic (exact) mass is 998 g/mol. The molecular formula is C44H42Br4N8. The molecule has 0 aliphatic carbocycles. The highest BCUT2D eigenvalue weighted by Gasteiger charge is 2.59. The zero-order chi connectivity index (χ0) is 39.0. The van der Waals surface area contributed by atoms with Gasteiger partial charge in [0.2, 0.25) is 0 Å². The number of aromatic amines is 1. The summed E-state index contributed by atoms with van der Waals surface area (Å²) in [7, 11) is 8.36. The maximum absolute atomic E-state index is 5.72. The molecule has 0 spiro atoms. The van der Waals surface area contributed by atoms with Crippen LogP contribution in [0, 0.1) is 0 Å². The van der Waals surface area contributed by atoms with Crippen molar-refractivity contribution in [1.29, 1.82) is 0 Å². The molecule has 8 aliphatic heterocycles. The van der Waals surface area contributed by atoms with Crippen LogP contribution in [0.15, 0.2) is 171 Å². The number of nitrogens with zero attached hydrogens (tertiary/aromatic N) is 6. The van der Waals surface area contributed by atoms with E-state index in [1.54, 1.807) is 0 Å². The molecule has 12 heteroatoms. The Bertz CT molecular complexity index is 2390. The number of likely N-dealkylation sites (N-methyl/N-ethyl adjacent to an activating group) is 4. The van der Waals surface area contributed by atoms with E-state index < -0.39 is 17.5 Å². The van der Waals surface area contributed by atoms with Crippen molar-refractivity contribution in [1.82, 2.24) is 29.9 Å². The summed E-state index contributed by atoms with van der Waals surface area (Å²) < 4.78 is -3.47. The first-order valence-corrected chi connectivity index (χ1v) is 21.8. The number of aliphatic imine (C=N–C) groups is 2. The lowest BCUT2D eigenvalue weighted by Gasteiger charge is -2.43. The summed E-state index contributed by atoms with van der Waals surface area (Å²) in [6, 6.07) is 4.37. The molecule has 1 aromatic rings. The third-order valence-corrected chi connectivity index (χ3v) is 17.6. The minimum atomic E-state index is -0.937. The van der Waals surface area contributed by atoms with Gasteiger partial charge >= 0.3 is 0 Å². The molecule has 4 atom stereocenters. The molecule has 8 aliphatic rings. The number of nitrogens with one attached hydrogen (secondary N) is 2. The topological polar surface area (TPSA) is 65.5 Å². The van der Waals surface area contributed by atoms with E-state index >= 15 is 0 Å². The van der Waals surface area contributed by atoms with Crippen molar-refractivity contribution in [3.63, 3.8) is 0 Å². The second kappa shape index (κ2) is 13.9. The largest absolute Gasteiger partial charge is 0.377 e. The molecule has 286 valence electrons. The van der Waals surface area contributed by atoms with Crippen LogP contribution in [0.4, 0.5) is 0 Å². The van der Waals surface area contributed by atoms with Gasteiger partial charge in [0, 0.05) is 82.6 Å². The number of alkyl halides is 4. The van der Waals surface area contributed by atoms with Gasteiger partial charge in [-0.1, -0.05) is 88.0 Å². The number of aromatic nitrogens is 1. The van der Waals surface area contributed by atoms with Crippen LogP contribution >= 0.6 is 63.7 Å². The van der Waals surface area contributed by atoms with Gasteiger partial charge in [-0.3, -0.25) is 4.99 Å². The number of hydrogen-bond acceptors (Lipinski definition) is 7. The fraction of sp³-hybridized carbons (Fsp3) is 0.273. The van der Waals surface area contributed by atoms with E-state index in [9.17, 15) is 0 Å². The maximum atomic E-state index is 5.72. The van der Waals surface area contributed by atoms with E-state index in [0.717, 1.165) is 93.8 Å². The van der Waals surface area contributed by atoms with Crippen LogP contribution in [0.25, 0.3) is 5.57 Å². The molecule has 9 rings (SSSR count). The SMILES string of the molecule is CN1C=CC(C2=C3C=CC(Br)(N3)C(Br)(C3=CCN(C)C=C3)C3=NC(Br)(C=C3)C(Br)(C3=CCN(C)C=C3)c3ccc([nH]3)C(C3=CCN(C)C=C3)=C3C=CC2=N3)=CC1. The Morgan fingerprint density at radius 2 is 1.20 bits per heavy atom. The lowest BCUT2D eigenvalue weighted by Crippen LogP contribution is -2.57. The standard InChI is InChI=1S/C44H42Br4N8/c1-53-21-11-29(12-22-53)39-33-5-6-34(49-33)40(30-13-23-54(2)24-14-30)36-9-19-41(45,51-36)44(48,32-17-27-56(4)28-18-32)38-10-20-42(46,52-38)43(47,37-8-7-35(39)50-37)31-15-25-55(3)26-16-31/h5-21,23,25,27,50-51H,22,24,26,28H2,1-4H3. The summed E-state index contributed by atoms with van der Waals surface area (Å²) in [5.74, 6) is 0. The Balaban J connectivity index is 1.33. The van der Waals surface area contributed by atoms with Crippen LogP contribution in [0.2, 0.25) is 0 Å². The Hall–Kier alpha value is -3.84. The Morgan fingerprint density at radius 1 is 0.607 bits per heavy atom. The van der Waals surface area contributed by atoms with Gasteiger partial charge in [0.05, 0.1) is 17.1 Å². The summed E-state index contributed by atoms with van der Waals surface area (Å²) >= 11 is 17.4. The third-order valence-electron chi connectivity index (χ3n) is 11.4. The first kappa shape index (κ1) is 37.7. The molecule has 0 aromatic carbocycles. The fourth-order valence-corrected chi connectivity index (χ4v) is 11.2. The number of hydrogen-bond donors (Lipinski definition) is 2. The van der Waals surface area contributed by atoms with Gasteiger partial charge in [0.25, 0.3) is 0 Å². The molecule has 0 saturated carbocycles. The van der Waals surface area contributed by atoms with Crippen molar-refractivity contribution in [2.75, 3.05) is 54.4 Å². The first-order chi connectivity index (χ1) is 26.8. The molecule has 8 nitrogen and oxygen atoms in total. The molecule has 9 heterocycles. The second-order valence-electron chi connectivity index (χ2n) is 15.3. The van der Waals surface area contributed by atoms with Crippen molar-refractivity contribution in [2.24, 2.45) is 9.98 Å². The molecule has 0 fully saturated rings. The van der Waals surface area contributed by atoms with Crippen LogP contribution < -0.4 is 5.32 Å². The Labute approximate surface area is 362 Å². The Morgan fingerprint density at radius 3 is 1.79 bits per heavy atom. The van der Waals surface area contributed by atoms with Gasteiger partial charge in [-0.25, -0.2) is 4.99 Å². The molecule has 1 aromatic heterocycles. The Kier molecular flexibility index (Phi) is 9.38. The highest BCUT2D eigenvalue weighted by Crippen LogP contribution is 2.58. The lowest BCUT2D eigenvalue weighted by atomic mass is 9.85. The van der Waals surface area contributed by atoms with Crippen LogP contribution in [-0.2, 0) is 4.32 Å². The lowest BCUT2D eigenvalue weighted by molar-refractivity contribution is 0.492. The van der Waals surface area contributed by atoms with Crippen LogP contribution in [0.5, 0.6) is 0 Å². The van der Waals surface area contributed by atoms with Crippen molar-refractivity contribution in [2.45, 2.75) is 17.5 Å². The minimum Gasteiger partial charge on any atom is -0.377 e. The highest BCUT2D eigenvalue weighted by atomic mass is 79.9. The number of halogens is 4. The van der Waals surface area contributed by atoms with Gasteiger partial charge in [-0.15, -0.1) is 0 Å². The van der Waals surface area contributed by atoms with Crippen LogP contribution in [0.3, 0.4) is 0 Å². The van der Waals surface area contributed by atoms with Gasteiger partial charge in [-0.05, 0) is 120 Å². The molecular weight excluding hydrogens is 960 g/mol. The average Bonchev–Trinajstić information content (AvgIpc) is 4.02. The van der Waals surface area contributed by atoms with Gasteiger partial charge in [-0.2, -0.15) is 0 Å². The zero-order valence-electron chi connectivity index (χ0n) is 31.6. The third kappa shape index (κ3) is 6.00.